The van der Waals surface area contributed by atoms with Crippen LogP contribution < -0.4 is 24.8 Å². The third-order valence-electron chi connectivity index (χ3n) is 4.30. The molecule has 0 aliphatic heterocycles. The first-order valence-corrected chi connectivity index (χ1v) is 8.95. The van der Waals surface area contributed by atoms with Gasteiger partial charge in [0.2, 0.25) is 0 Å². The summed E-state index contributed by atoms with van der Waals surface area (Å²) < 4.78 is 15.9. The van der Waals surface area contributed by atoms with E-state index in [4.69, 9.17) is 14.2 Å². The van der Waals surface area contributed by atoms with Crippen LogP contribution in [0.25, 0.3) is 0 Å². The molecule has 3 rings (SSSR count). The number of nitrogens with zero attached hydrogens (tertiary/aromatic N) is 1. The number of pyridine rings is 1. The molecule has 29 heavy (non-hydrogen) atoms. The van der Waals surface area contributed by atoms with Crippen molar-refractivity contribution in [3.8, 4) is 17.2 Å². The van der Waals surface area contributed by atoms with Gasteiger partial charge in [-0.15, -0.1) is 0 Å². The summed E-state index contributed by atoms with van der Waals surface area (Å²) in [5, 5.41) is 6.03. The Morgan fingerprint density at radius 3 is 2.24 bits per heavy atom. The zero-order valence-electron chi connectivity index (χ0n) is 16.8. The first-order chi connectivity index (χ1) is 14.0. The van der Waals surface area contributed by atoms with Gasteiger partial charge < -0.3 is 24.8 Å². The Kier molecular flexibility index (Phi) is 6.19. The lowest BCUT2D eigenvalue weighted by Crippen LogP contribution is -2.13. The van der Waals surface area contributed by atoms with Crippen molar-refractivity contribution in [1.29, 1.82) is 0 Å². The fourth-order valence-electron chi connectivity index (χ4n) is 2.77. The minimum absolute atomic E-state index is 0.302. The first kappa shape index (κ1) is 20.0. The van der Waals surface area contributed by atoms with Crippen LogP contribution in [0.2, 0.25) is 0 Å². The van der Waals surface area contributed by atoms with Crippen LogP contribution in [0.5, 0.6) is 17.2 Å². The van der Waals surface area contributed by atoms with Crippen molar-refractivity contribution in [1.82, 2.24) is 4.98 Å². The second-order valence-electron chi connectivity index (χ2n) is 6.28. The van der Waals surface area contributed by atoms with Crippen molar-refractivity contribution in [2.75, 3.05) is 32.0 Å². The molecule has 0 radical (unpaired) electrons. The maximum absolute atomic E-state index is 12.6. The van der Waals surface area contributed by atoms with Gasteiger partial charge in [-0.1, -0.05) is 6.07 Å². The molecule has 0 bridgehead atoms. The predicted octanol–water partition coefficient (Wildman–Crippen LogP) is 4.41. The molecular formula is C22H23N3O4. The van der Waals surface area contributed by atoms with Crippen LogP contribution in [0.4, 0.5) is 17.2 Å². The van der Waals surface area contributed by atoms with Gasteiger partial charge in [0.15, 0.2) is 0 Å². The van der Waals surface area contributed by atoms with Crippen molar-refractivity contribution in [2.45, 2.75) is 6.92 Å². The molecule has 2 N–H and O–H groups in total. The van der Waals surface area contributed by atoms with Gasteiger partial charge in [0, 0.05) is 12.3 Å². The third kappa shape index (κ3) is 4.76. The average Bonchev–Trinajstić information content (AvgIpc) is 2.74. The summed E-state index contributed by atoms with van der Waals surface area (Å²) in [5.74, 6) is 2.17. The smallest absolute Gasteiger partial charge is 0.257 e. The number of amides is 1. The van der Waals surface area contributed by atoms with E-state index >= 15 is 0 Å². The molecule has 0 fully saturated rings. The second kappa shape index (κ2) is 8.97. The molecule has 150 valence electrons. The van der Waals surface area contributed by atoms with Gasteiger partial charge in [0.05, 0.1) is 38.3 Å². The van der Waals surface area contributed by atoms with Gasteiger partial charge in [-0.05, 0) is 48.9 Å². The standard InChI is InChI=1S/C22H23N3O4/c1-14-5-8-19(28-3)17(11-14)24-21-10-6-15(13-23-21)22(26)25-18-12-16(27-2)7-9-20(18)29-4/h5-13H,1-4H3,(H,23,24)(H,25,26). The highest BCUT2D eigenvalue weighted by molar-refractivity contribution is 6.05. The predicted molar refractivity (Wildman–Crippen MR) is 113 cm³/mol. The third-order valence-corrected chi connectivity index (χ3v) is 4.30. The average molecular weight is 393 g/mol. The summed E-state index contributed by atoms with van der Waals surface area (Å²) in [5.41, 5.74) is 2.83. The SMILES string of the molecule is COc1ccc(OC)c(NC(=O)c2ccc(Nc3cc(C)ccc3OC)nc2)c1. The van der Waals surface area contributed by atoms with E-state index in [0.29, 0.717) is 34.3 Å². The number of aryl methyl sites for hydroxylation is 1. The van der Waals surface area contributed by atoms with Crippen LogP contribution in [-0.4, -0.2) is 32.2 Å². The molecule has 3 aromatic rings. The molecule has 7 nitrogen and oxygen atoms in total. The maximum atomic E-state index is 12.6. The largest absolute Gasteiger partial charge is 0.497 e. The highest BCUT2D eigenvalue weighted by Crippen LogP contribution is 2.30. The molecule has 7 heteroatoms. The topological polar surface area (TPSA) is 81.7 Å². The molecule has 1 heterocycles. The number of benzene rings is 2. The van der Waals surface area contributed by atoms with E-state index < -0.39 is 0 Å². The Morgan fingerprint density at radius 2 is 1.59 bits per heavy atom. The van der Waals surface area contributed by atoms with Crippen molar-refractivity contribution < 1.29 is 19.0 Å². The Morgan fingerprint density at radius 1 is 0.862 bits per heavy atom. The van der Waals surface area contributed by atoms with Crippen LogP contribution in [-0.2, 0) is 0 Å². The van der Waals surface area contributed by atoms with Gasteiger partial charge in [0.25, 0.3) is 5.91 Å². The van der Waals surface area contributed by atoms with Gasteiger partial charge >= 0.3 is 0 Å². The maximum Gasteiger partial charge on any atom is 0.257 e. The summed E-state index contributed by atoms with van der Waals surface area (Å²) in [6, 6.07) is 14.4. The van der Waals surface area contributed by atoms with Crippen molar-refractivity contribution >= 4 is 23.1 Å². The molecule has 0 spiro atoms. The number of hydrogen-bond acceptors (Lipinski definition) is 6. The number of carbonyl (C=O) groups excluding carboxylic acids is 1. The summed E-state index contributed by atoms with van der Waals surface area (Å²) in [6.07, 6.45) is 1.51. The summed E-state index contributed by atoms with van der Waals surface area (Å²) in [7, 11) is 4.72. The lowest BCUT2D eigenvalue weighted by atomic mass is 10.2. The number of nitrogens with one attached hydrogen (secondary N) is 2. The van der Waals surface area contributed by atoms with E-state index in [-0.39, 0.29) is 5.91 Å². The van der Waals surface area contributed by atoms with Gasteiger partial charge in [-0.2, -0.15) is 0 Å². The Hall–Kier alpha value is -3.74. The monoisotopic (exact) mass is 393 g/mol. The van der Waals surface area contributed by atoms with Gasteiger partial charge in [-0.25, -0.2) is 4.98 Å². The number of aromatic nitrogens is 1. The summed E-state index contributed by atoms with van der Waals surface area (Å²) >= 11 is 0. The molecule has 0 aliphatic carbocycles. The highest BCUT2D eigenvalue weighted by atomic mass is 16.5. The number of anilines is 3. The van der Waals surface area contributed by atoms with Crippen molar-refractivity contribution in [2.24, 2.45) is 0 Å². The second-order valence-corrected chi connectivity index (χ2v) is 6.28. The number of ether oxygens (including phenoxy) is 3. The van der Waals surface area contributed by atoms with Crippen LogP contribution in [0, 0.1) is 6.92 Å². The fraction of sp³-hybridized carbons (Fsp3) is 0.182. The van der Waals surface area contributed by atoms with Crippen molar-refractivity contribution in [3.05, 3.63) is 65.9 Å². The quantitative estimate of drug-likeness (QED) is 0.619. The van der Waals surface area contributed by atoms with E-state index in [1.807, 2.05) is 25.1 Å². The van der Waals surface area contributed by atoms with E-state index in [0.717, 1.165) is 11.3 Å². The minimum Gasteiger partial charge on any atom is -0.497 e. The molecule has 0 unspecified atom stereocenters. The number of methoxy groups -OCH3 is 3. The Balaban J connectivity index is 1.75. The molecule has 2 aromatic carbocycles. The molecular weight excluding hydrogens is 370 g/mol. The van der Waals surface area contributed by atoms with E-state index in [1.54, 1.807) is 51.7 Å². The van der Waals surface area contributed by atoms with E-state index in [1.165, 1.54) is 6.20 Å². The van der Waals surface area contributed by atoms with E-state index in [9.17, 15) is 4.79 Å². The lowest BCUT2D eigenvalue weighted by molar-refractivity contribution is 0.102. The van der Waals surface area contributed by atoms with Crippen LogP contribution in [0.15, 0.2) is 54.7 Å². The summed E-state index contributed by atoms with van der Waals surface area (Å²) in [4.78, 5) is 16.9. The number of carbonyl (C=O) groups is 1. The fourth-order valence-corrected chi connectivity index (χ4v) is 2.77. The lowest BCUT2D eigenvalue weighted by Gasteiger charge is -2.13. The minimum atomic E-state index is -0.302. The first-order valence-electron chi connectivity index (χ1n) is 8.95. The molecule has 0 atom stereocenters. The molecule has 0 aliphatic rings. The molecule has 1 aromatic heterocycles. The zero-order valence-corrected chi connectivity index (χ0v) is 16.8. The number of hydrogen-bond donors (Lipinski definition) is 2. The molecule has 0 saturated carbocycles. The molecule has 1 amide bonds. The van der Waals surface area contributed by atoms with Gasteiger partial charge in [0.1, 0.15) is 23.1 Å². The number of rotatable bonds is 7. The van der Waals surface area contributed by atoms with Crippen LogP contribution >= 0.6 is 0 Å². The zero-order chi connectivity index (χ0) is 20.8. The Labute approximate surface area is 169 Å². The van der Waals surface area contributed by atoms with Crippen LogP contribution in [0.1, 0.15) is 15.9 Å². The highest BCUT2D eigenvalue weighted by Gasteiger charge is 2.12. The normalized spacial score (nSPS) is 10.2. The van der Waals surface area contributed by atoms with E-state index in [2.05, 4.69) is 15.6 Å². The van der Waals surface area contributed by atoms with Gasteiger partial charge in [-0.3, -0.25) is 4.79 Å². The summed E-state index contributed by atoms with van der Waals surface area (Å²) in [6.45, 7) is 2.00. The molecule has 0 saturated heterocycles. The van der Waals surface area contributed by atoms with Crippen LogP contribution in [0.3, 0.4) is 0 Å². The Bertz CT molecular complexity index is 1000. The van der Waals surface area contributed by atoms with Crippen molar-refractivity contribution in [3.63, 3.8) is 0 Å².